The minimum absolute atomic E-state index is 0.0237. The molecule has 0 atom stereocenters. The van der Waals surface area contributed by atoms with Gasteiger partial charge in [0.1, 0.15) is 10.7 Å². The number of aryl methyl sites for hydroxylation is 2. The van der Waals surface area contributed by atoms with E-state index in [0.717, 1.165) is 42.4 Å². The number of ether oxygens (including phenoxy) is 1. The summed E-state index contributed by atoms with van der Waals surface area (Å²) in [6.07, 6.45) is 5.27. The summed E-state index contributed by atoms with van der Waals surface area (Å²) >= 11 is 9.03. The monoisotopic (exact) mass is 462 g/mol. The first-order valence-corrected chi connectivity index (χ1v) is 12.3. The normalized spacial score (nSPS) is 13.4. The molecule has 160 valence electrons. The van der Waals surface area contributed by atoms with Gasteiger partial charge in [-0.3, -0.25) is 4.79 Å². The molecular weight excluding hydrogens is 436 g/mol. The molecule has 1 aliphatic carbocycles. The van der Waals surface area contributed by atoms with E-state index in [0.29, 0.717) is 30.6 Å². The van der Waals surface area contributed by atoms with Crippen molar-refractivity contribution >= 4 is 50.2 Å². The highest BCUT2D eigenvalue weighted by atomic mass is 32.1. The average Bonchev–Trinajstić information content (AvgIpc) is 3.38. The maximum atomic E-state index is 12.9. The molecule has 1 aliphatic rings. The zero-order valence-electron chi connectivity index (χ0n) is 17.0. The van der Waals surface area contributed by atoms with Gasteiger partial charge < -0.3 is 19.9 Å². The molecule has 9 heteroatoms. The lowest BCUT2D eigenvalue weighted by Gasteiger charge is -2.25. The molecule has 0 spiro atoms. The predicted molar refractivity (Wildman–Crippen MR) is 128 cm³/mol. The lowest BCUT2D eigenvalue weighted by Crippen LogP contribution is -2.40. The van der Waals surface area contributed by atoms with Crippen molar-refractivity contribution in [2.75, 3.05) is 20.3 Å². The Morgan fingerprint density at radius 2 is 2.23 bits per heavy atom. The van der Waals surface area contributed by atoms with Gasteiger partial charge in [0.15, 0.2) is 5.11 Å². The fourth-order valence-corrected chi connectivity index (χ4v) is 6.01. The SMILES string of the molecule is COCCCNC(=S)N(Cc1nc2sc3c(c2c(=O)[nH]1)CCCC3)Cc1cccs1. The van der Waals surface area contributed by atoms with Crippen LogP contribution in [0.4, 0.5) is 0 Å². The van der Waals surface area contributed by atoms with E-state index < -0.39 is 0 Å². The van der Waals surface area contributed by atoms with E-state index in [1.807, 2.05) is 6.07 Å². The van der Waals surface area contributed by atoms with E-state index in [9.17, 15) is 4.79 Å². The van der Waals surface area contributed by atoms with E-state index in [4.69, 9.17) is 21.9 Å². The fourth-order valence-electron chi connectivity index (χ4n) is 3.78. The van der Waals surface area contributed by atoms with Crippen molar-refractivity contribution in [3.05, 3.63) is 49.0 Å². The summed E-state index contributed by atoms with van der Waals surface area (Å²) in [6, 6.07) is 4.13. The van der Waals surface area contributed by atoms with Crippen LogP contribution in [0, 0.1) is 0 Å². The average molecular weight is 463 g/mol. The van der Waals surface area contributed by atoms with Crippen molar-refractivity contribution in [1.82, 2.24) is 20.2 Å². The number of fused-ring (bicyclic) bond motifs is 3. The Labute approximate surface area is 189 Å². The smallest absolute Gasteiger partial charge is 0.259 e. The number of aromatic amines is 1. The standard InChI is InChI=1S/C21H26N4O2S3/c1-27-10-5-9-22-21(28)25(12-14-6-4-11-29-14)13-17-23-19(26)18-15-7-2-3-8-16(15)30-20(18)24-17/h4,6,11H,2-3,5,7-10,12-13H2,1H3,(H,22,28)(H,23,24,26). The maximum absolute atomic E-state index is 12.9. The second-order valence-electron chi connectivity index (χ2n) is 7.42. The first-order chi connectivity index (χ1) is 14.7. The van der Waals surface area contributed by atoms with Gasteiger partial charge in [-0.25, -0.2) is 4.98 Å². The van der Waals surface area contributed by atoms with Gasteiger partial charge in [-0.05, 0) is 61.3 Å². The Morgan fingerprint density at radius 1 is 1.37 bits per heavy atom. The Bertz CT molecular complexity index is 1060. The molecule has 3 heterocycles. The lowest BCUT2D eigenvalue weighted by atomic mass is 9.97. The molecule has 0 aliphatic heterocycles. The number of rotatable bonds is 8. The van der Waals surface area contributed by atoms with Gasteiger partial charge in [-0.2, -0.15) is 0 Å². The molecule has 0 radical (unpaired) electrons. The molecule has 3 aromatic heterocycles. The number of aromatic nitrogens is 2. The number of H-pyrrole nitrogens is 1. The molecule has 2 N–H and O–H groups in total. The van der Waals surface area contributed by atoms with E-state index in [1.165, 1.54) is 21.7 Å². The Hall–Kier alpha value is -1.81. The molecule has 6 nitrogen and oxygen atoms in total. The second kappa shape index (κ2) is 10.00. The van der Waals surface area contributed by atoms with Gasteiger partial charge >= 0.3 is 0 Å². The number of hydrogen-bond acceptors (Lipinski definition) is 6. The predicted octanol–water partition coefficient (Wildman–Crippen LogP) is 3.84. The van der Waals surface area contributed by atoms with Crippen molar-refractivity contribution < 1.29 is 4.74 Å². The minimum Gasteiger partial charge on any atom is -0.385 e. The van der Waals surface area contributed by atoms with Crippen LogP contribution in [0.15, 0.2) is 22.3 Å². The molecule has 0 saturated carbocycles. The fraction of sp³-hybridized carbons (Fsp3) is 0.476. The van der Waals surface area contributed by atoms with Crippen molar-refractivity contribution in [2.24, 2.45) is 0 Å². The van der Waals surface area contributed by atoms with Crippen LogP contribution in [0.25, 0.3) is 10.2 Å². The van der Waals surface area contributed by atoms with E-state index in [1.54, 1.807) is 29.8 Å². The summed E-state index contributed by atoms with van der Waals surface area (Å²) in [4.78, 5) is 26.2. The van der Waals surface area contributed by atoms with E-state index in [-0.39, 0.29) is 5.56 Å². The number of hydrogen-bond donors (Lipinski definition) is 2. The first-order valence-electron chi connectivity index (χ1n) is 10.2. The van der Waals surface area contributed by atoms with Crippen molar-refractivity contribution in [3.8, 4) is 0 Å². The van der Waals surface area contributed by atoms with Crippen molar-refractivity contribution in [1.29, 1.82) is 0 Å². The lowest BCUT2D eigenvalue weighted by molar-refractivity contribution is 0.195. The second-order valence-corrected chi connectivity index (χ2v) is 9.92. The molecule has 4 rings (SSSR count). The molecule has 30 heavy (non-hydrogen) atoms. The minimum atomic E-state index is -0.0237. The van der Waals surface area contributed by atoms with Crippen LogP contribution in [-0.4, -0.2) is 40.2 Å². The zero-order valence-corrected chi connectivity index (χ0v) is 19.5. The number of methoxy groups -OCH3 is 1. The van der Waals surface area contributed by atoms with E-state index >= 15 is 0 Å². The first kappa shape index (κ1) is 21.4. The summed E-state index contributed by atoms with van der Waals surface area (Å²) in [7, 11) is 1.70. The highest BCUT2D eigenvalue weighted by molar-refractivity contribution is 7.80. The van der Waals surface area contributed by atoms with Gasteiger partial charge in [0.25, 0.3) is 5.56 Å². The van der Waals surface area contributed by atoms with Crippen LogP contribution in [0.2, 0.25) is 0 Å². The van der Waals surface area contributed by atoms with Gasteiger partial charge in [0.2, 0.25) is 0 Å². The van der Waals surface area contributed by atoms with Crippen LogP contribution in [0.5, 0.6) is 0 Å². The van der Waals surface area contributed by atoms with Crippen molar-refractivity contribution in [2.45, 2.75) is 45.2 Å². The summed E-state index contributed by atoms with van der Waals surface area (Å²) in [5.74, 6) is 0.656. The highest BCUT2D eigenvalue weighted by Gasteiger charge is 2.21. The molecule has 0 unspecified atom stereocenters. The summed E-state index contributed by atoms with van der Waals surface area (Å²) in [5.41, 5.74) is 1.19. The molecule has 0 aromatic carbocycles. The van der Waals surface area contributed by atoms with Crippen LogP contribution < -0.4 is 10.9 Å². The van der Waals surface area contributed by atoms with Crippen LogP contribution in [-0.2, 0) is 30.7 Å². The molecule has 0 bridgehead atoms. The Balaban J connectivity index is 1.56. The van der Waals surface area contributed by atoms with Gasteiger partial charge in [-0.15, -0.1) is 22.7 Å². The number of nitrogens with one attached hydrogen (secondary N) is 2. The highest BCUT2D eigenvalue weighted by Crippen LogP contribution is 2.33. The molecule has 0 fully saturated rings. The third-order valence-electron chi connectivity index (χ3n) is 5.23. The zero-order chi connectivity index (χ0) is 20.9. The molecule has 0 saturated heterocycles. The molecule has 0 amide bonds. The molecular formula is C21H26N4O2S3. The number of nitrogens with zero attached hydrogens (tertiary/aromatic N) is 2. The Morgan fingerprint density at radius 3 is 3.03 bits per heavy atom. The summed E-state index contributed by atoms with van der Waals surface area (Å²) in [6.45, 7) is 2.57. The Kier molecular flexibility index (Phi) is 7.14. The van der Waals surface area contributed by atoms with Crippen molar-refractivity contribution in [3.63, 3.8) is 0 Å². The van der Waals surface area contributed by atoms with Crippen LogP contribution in [0.3, 0.4) is 0 Å². The largest absolute Gasteiger partial charge is 0.385 e. The third-order valence-corrected chi connectivity index (χ3v) is 7.68. The topological polar surface area (TPSA) is 70.2 Å². The molecule has 3 aromatic rings. The van der Waals surface area contributed by atoms with Gasteiger partial charge in [0, 0.05) is 30.0 Å². The van der Waals surface area contributed by atoms with Gasteiger partial charge in [-0.1, -0.05) is 6.07 Å². The number of thiocarbonyl (C=S) groups is 1. The summed E-state index contributed by atoms with van der Waals surface area (Å²) < 4.78 is 5.11. The van der Waals surface area contributed by atoms with Gasteiger partial charge in [0.05, 0.1) is 18.5 Å². The van der Waals surface area contributed by atoms with Crippen LogP contribution >= 0.6 is 34.9 Å². The number of thiophene rings is 2. The summed E-state index contributed by atoms with van der Waals surface area (Å²) in [5, 5.41) is 6.82. The van der Waals surface area contributed by atoms with E-state index in [2.05, 4.69) is 26.6 Å². The third kappa shape index (κ3) is 4.91. The maximum Gasteiger partial charge on any atom is 0.259 e. The van der Waals surface area contributed by atoms with Crippen LogP contribution in [0.1, 0.15) is 40.4 Å². The quantitative estimate of drug-likeness (QED) is 0.392.